The van der Waals surface area contributed by atoms with Gasteiger partial charge in [-0.15, -0.1) is 0 Å². The van der Waals surface area contributed by atoms with Crippen molar-refractivity contribution in [1.82, 2.24) is 9.38 Å². The lowest BCUT2D eigenvalue weighted by Gasteiger charge is -2.12. The number of anilines is 1. The van der Waals surface area contributed by atoms with Crippen LogP contribution in [0, 0.1) is 25.2 Å². The Labute approximate surface area is 200 Å². The Morgan fingerprint density at radius 2 is 1.94 bits per heavy atom. The van der Waals surface area contributed by atoms with Crippen molar-refractivity contribution >= 4 is 34.9 Å². The predicted octanol–water partition coefficient (Wildman–Crippen LogP) is 5.30. The summed E-state index contributed by atoms with van der Waals surface area (Å²) in [5.74, 6) is -0.227. The number of nitriles is 1. The summed E-state index contributed by atoms with van der Waals surface area (Å²) in [7, 11) is 0. The first kappa shape index (κ1) is 22.8. The van der Waals surface area contributed by atoms with Gasteiger partial charge in [-0.05, 0) is 67.4 Å². The Morgan fingerprint density at radius 1 is 1.15 bits per heavy atom. The van der Waals surface area contributed by atoms with E-state index in [1.165, 1.54) is 10.5 Å². The Balaban J connectivity index is 1.84. The van der Waals surface area contributed by atoms with Crippen LogP contribution in [0.1, 0.15) is 16.7 Å². The van der Waals surface area contributed by atoms with Crippen molar-refractivity contribution in [3.63, 3.8) is 0 Å². The third-order valence-electron chi connectivity index (χ3n) is 4.99. The minimum atomic E-state index is -0.694. The van der Waals surface area contributed by atoms with Gasteiger partial charge in [-0.25, -0.2) is 0 Å². The smallest absolute Gasteiger partial charge is 0.269 e. The zero-order valence-corrected chi connectivity index (χ0v) is 19.1. The number of benzene rings is 2. The highest BCUT2D eigenvalue weighted by Gasteiger charge is 2.18. The van der Waals surface area contributed by atoms with E-state index in [1.807, 2.05) is 38.1 Å². The molecular weight excluding hydrogens is 452 g/mol. The van der Waals surface area contributed by atoms with E-state index in [0.29, 0.717) is 22.1 Å². The Hall–Kier alpha value is -4.41. The molecule has 0 spiro atoms. The van der Waals surface area contributed by atoms with Crippen LogP contribution in [0.2, 0.25) is 5.02 Å². The number of hydrogen-bond acceptors (Lipinski definition) is 5. The highest BCUT2D eigenvalue weighted by Crippen LogP contribution is 2.25. The maximum atomic E-state index is 13.4. The fourth-order valence-corrected chi connectivity index (χ4v) is 3.53. The molecule has 0 unspecified atom stereocenters. The van der Waals surface area contributed by atoms with Gasteiger partial charge in [0.2, 0.25) is 5.88 Å². The van der Waals surface area contributed by atoms with E-state index in [2.05, 4.69) is 10.3 Å². The summed E-state index contributed by atoms with van der Waals surface area (Å²) >= 11 is 5.97. The zero-order chi connectivity index (χ0) is 24.2. The number of carbonyl (C=O) groups excluding carboxylic acids is 1. The SMILES string of the molecule is Cc1cccc(Oc2nc3c(C)cccn3c(=O)c2/C=C(/C#N)C(=O)Nc2cccc(Cl)c2)c1. The molecule has 2 aromatic carbocycles. The molecule has 0 aliphatic rings. The van der Waals surface area contributed by atoms with Gasteiger partial charge in [0, 0.05) is 16.9 Å². The summed E-state index contributed by atoms with van der Waals surface area (Å²) in [5, 5.41) is 12.7. The lowest BCUT2D eigenvalue weighted by molar-refractivity contribution is -0.112. The van der Waals surface area contributed by atoms with Crippen LogP contribution in [0.25, 0.3) is 11.7 Å². The molecule has 2 heterocycles. The van der Waals surface area contributed by atoms with E-state index in [9.17, 15) is 14.9 Å². The summed E-state index contributed by atoms with van der Waals surface area (Å²) in [6, 6.07) is 19.2. The molecule has 0 saturated heterocycles. The first-order chi connectivity index (χ1) is 16.4. The summed E-state index contributed by atoms with van der Waals surface area (Å²) in [6.07, 6.45) is 2.76. The number of hydrogen-bond donors (Lipinski definition) is 1. The maximum Gasteiger partial charge on any atom is 0.269 e. The predicted molar refractivity (Wildman–Crippen MR) is 131 cm³/mol. The molecule has 4 aromatic rings. The fourth-order valence-electron chi connectivity index (χ4n) is 3.34. The van der Waals surface area contributed by atoms with Crippen molar-refractivity contribution in [2.45, 2.75) is 13.8 Å². The third kappa shape index (κ3) is 4.82. The standard InChI is InChI=1S/C26H19ClN4O3/c1-16-6-3-10-21(12-16)34-25-22(26(33)31-11-5-7-17(2)23(31)30-25)13-18(15-28)24(32)29-20-9-4-8-19(27)14-20/h3-14H,1-2H3,(H,29,32)/b18-13-. The molecule has 2 aromatic heterocycles. The van der Waals surface area contributed by atoms with Gasteiger partial charge in [-0.3, -0.25) is 14.0 Å². The average molecular weight is 471 g/mol. The molecule has 0 aliphatic carbocycles. The molecule has 0 atom stereocenters. The van der Waals surface area contributed by atoms with Gasteiger partial charge in [-0.2, -0.15) is 10.2 Å². The van der Waals surface area contributed by atoms with Crippen molar-refractivity contribution in [2.24, 2.45) is 0 Å². The van der Waals surface area contributed by atoms with E-state index in [0.717, 1.165) is 11.1 Å². The fraction of sp³-hybridized carbons (Fsp3) is 0.0769. The van der Waals surface area contributed by atoms with E-state index in [-0.39, 0.29) is 17.0 Å². The number of nitrogens with one attached hydrogen (secondary N) is 1. The van der Waals surface area contributed by atoms with Crippen molar-refractivity contribution in [1.29, 1.82) is 5.26 Å². The highest BCUT2D eigenvalue weighted by molar-refractivity contribution is 6.31. The zero-order valence-electron chi connectivity index (χ0n) is 18.4. The molecule has 168 valence electrons. The monoisotopic (exact) mass is 470 g/mol. The number of aryl methyl sites for hydroxylation is 2. The number of fused-ring (bicyclic) bond motifs is 1. The number of ether oxygens (including phenoxy) is 1. The second-order valence-corrected chi connectivity index (χ2v) is 8.01. The van der Waals surface area contributed by atoms with Crippen molar-refractivity contribution < 1.29 is 9.53 Å². The number of halogens is 1. The molecule has 8 heteroatoms. The number of aromatic nitrogens is 2. The molecule has 4 rings (SSSR count). The maximum absolute atomic E-state index is 13.4. The van der Waals surface area contributed by atoms with Crippen LogP contribution in [0.15, 0.2) is 77.2 Å². The van der Waals surface area contributed by atoms with E-state index in [4.69, 9.17) is 16.3 Å². The van der Waals surface area contributed by atoms with Gasteiger partial charge >= 0.3 is 0 Å². The van der Waals surface area contributed by atoms with Gasteiger partial charge in [0.05, 0.1) is 0 Å². The summed E-state index contributed by atoms with van der Waals surface area (Å²) < 4.78 is 7.32. The van der Waals surface area contributed by atoms with Crippen LogP contribution in [-0.2, 0) is 4.79 Å². The summed E-state index contributed by atoms with van der Waals surface area (Å²) in [6.45, 7) is 3.74. The number of pyridine rings is 1. The first-order valence-electron chi connectivity index (χ1n) is 10.3. The van der Waals surface area contributed by atoms with Crippen molar-refractivity contribution in [3.8, 4) is 17.7 Å². The molecule has 0 aliphatic heterocycles. The van der Waals surface area contributed by atoms with Crippen LogP contribution in [0.5, 0.6) is 11.6 Å². The molecule has 0 bridgehead atoms. The second-order valence-electron chi connectivity index (χ2n) is 7.57. The van der Waals surface area contributed by atoms with Gasteiger partial charge < -0.3 is 10.1 Å². The molecule has 34 heavy (non-hydrogen) atoms. The summed E-state index contributed by atoms with van der Waals surface area (Å²) in [5.41, 5.74) is 1.76. The molecule has 0 radical (unpaired) electrons. The van der Waals surface area contributed by atoms with Gasteiger partial charge in [0.1, 0.15) is 28.6 Å². The first-order valence-corrected chi connectivity index (χ1v) is 10.7. The number of rotatable bonds is 5. The number of carbonyl (C=O) groups is 1. The van der Waals surface area contributed by atoms with Crippen LogP contribution in [-0.4, -0.2) is 15.3 Å². The lowest BCUT2D eigenvalue weighted by Crippen LogP contribution is -2.20. The van der Waals surface area contributed by atoms with Crippen LogP contribution >= 0.6 is 11.6 Å². The van der Waals surface area contributed by atoms with E-state index in [1.54, 1.807) is 48.7 Å². The Kier molecular flexibility index (Phi) is 6.44. The van der Waals surface area contributed by atoms with E-state index < -0.39 is 11.5 Å². The number of amides is 1. The lowest BCUT2D eigenvalue weighted by atomic mass is 10.1. The second kappa shape index (κ2) is 9.61. The Morgan fingerprint density at radius 3 is 2.68 bits per heavy atom. The summed E-state index contributed by atoms with van der Waals surface area (Å²) in [4.78, 5) is 30.7. The Bertz CT molecular complexity index is 1550. The van der Waals surface area contributed by atoms with Crippen LogP contribution in [0.3, 0.4) is 0 Å². The third-order valence-corrected chi connectivity index (χ3v) is 5.22. The topological polar surface area (TPSA) is 96.5 Å². The highest BCUT2D eigenvalue weighted by atomic mass is 35.5. The largest absolute Gasteiger partial charge is 0.438 e. The molecule has 0 saturated carbocycles. The average Bonchev–Trinajstić information content (AvgIpc) is 2.80. The normalized spacial score (nSPS) is 11.2. The van der Waals surface area contributed by atoms with Gasteiger partial charge in [0.15, 0.2) is 0 Å². The van der Waals surface area contributed by atoms with Gasteiger partial charge in [-0.1, -0.05) is 35.9 Å². The van der Waals surface area contributed by atoms with E-state index >= 15 is 0 Å². The van der Waals surface area contributed by atoms with Crippen LogP contribution < -0.4 is 15.6 Å². The molecule has 0 fully saturated rings. The van der Waals surface area contributed by atoms with Crippen molar-refractivity contribution in [2.75, 3.05) is 5.32 Å². The van der Waals surface area contributed by atoms with Crippen LogP contribution in [0.4, 0.5) is 5.69 Å². The molecular formula is C26H19ClN4O3. The molecule has 1 N–H and O–H groups in total. The minimum absolute atomic E-state index is 0.00629. The van der Waals surface area contributed by atoms with Crippen molar-refractivity contribution in [3.05, 3.63) is 105 Å². The quantitative estimate of drug-likeness (QED) is 0.315. The number of nitrogens with zero attached hydrogens (tertiary/aromatic N) is 3. The van der Waals surface area contributed by atoms with Gasteiger partial charge in [0.25, 0.3) is 11.5 Å². The molecule has 7 nitrogen and oxygen atoms in total. The minimum Gasteiger partial charge on any atom is -0.438 e. The molecule has 1 amide bonds.